The summed E-state index contributed by atoms with van der Waals surface area (Å²) in [5, 5.41) is 3.04. The summed E-state index contributed by atoms with van der Waals surface area (Å²) in [4.78, 5) is 8.05. The molecule has 2 rings (SSSR count). The topological polar surface area (TPSA) is 63.8 Å². The normalized spacial score (nSPS) is 10.4. The van der Waals surface area contributed by atoms with Crippen molar-refractivity contribution in [2.24, 2.45) is 0 Å². The summed E-state index contributed by atoms with van der Waals surface area (Å²) in [6, 6.07) is 4.78. The first kappa shape index (κ1) is 12.8. The first-order chi connectivity index (χ1) is 8.61. The van der Waals surface area contributed by atoms with Crippen LogP contribution in [0.15, 0.2) is 29.0 Å². The molecule has 94 valence electrons. The van der Waals surface area contributed by atoms with Crippen LogP contribution in [0.5, 0.6) is 0 Å². The van der Waals surface area contributed by atoms with Gasteiger partial charge in [0.25, 0.3) is 0 Å². The summed E-state index contributed by atoms with van der Waals surface area (Å²) in [7, 11) is 0. The van der Waals surface area contributed by atoms with Crippen LogP contribution in [0.25, 0.3) is 0 Å². The molecule has 1 aromatic heterocycles. The molecule has 0 saturated carbocycles. The van der Waals surface area contributed by atoms with Crippen molar-refractivity contribution in [3.05, 3.63) is 40.4 Å². The van der Waals surface area contributed by atoms with Crippen LogP contribution in [-0.2, 0) is 6.42 Å². The molecule has 1 aromatic carbocycles. The average Bonchev–Trinajstić information content (AvgIpc) is 2.34. The first-order valence-electron chi connectivity index (χ1n) is 5.43. The lowest BCUT2D eigenvalue weighted by atomic mass is 10.2. The van der Waals surface area contributed by atoms with Crippen molar-refractivity contribution < 1.29 is 4.39 Å². The molecule has 3 N–H and O–H groups in total. The second-order valence-electron chi connectivity index (χ2n) is 3.69. The monoisotopic (exact) mass is 310 g/mol. The zero-order chi connectivity index (χ0) is 13.1. The number of benzene rings is 1. The smallest absolute Gasteiger partial charge is 0.139 e. The molecule has 0 amide bonds. The van der Waals surface area contributed by atoms with Crippen LogP contribution in [0.3, 0.4) is 0 Å². The lowest BCUT2D eigenvalue weighted by Crippen LogP contribution is -2.04. The van der Waals surface area contributed by atoms with Crippen LogP contribution in [0, 0.1) is 5.82 Å². The summed E-state index contributed by atoms with van der Waals surface area (Å²) in [6.07, 6.45) is 2.08. The fourth-order valence-electron chi connectivity index (χ4n) is 1.59. The lowest BCUT2D eigenvalue weighted by Gasteiger charge is -2.11. The number of nitrogens with zero attached hydrogens (tertiary/aromatic N) is 2. The second-order valence-corrected chi connectivity index (χ2v) is 4.55. The number of aromatic nitrogens is 2. The number of nitrogens with one attached hydrogen (secondary N) is 1. The molecule has 0 aliphatic carbocycles. The van der Waals surface area contributed by atoms with Gasteiger partial charge in [-0.05, 0) is 40.5 Å². The van der Waals surface area contributed by atoms with Gasteiger partial charge in [-0.2, -0.15) is 0 Å². The third-order valence-electron chi connectivity index (χ3n) is 2.51. The molecular weight excluding hydrogens is 299 g/mol. The maximum atomic E-state index is 13.4. The van der Waals surface area contributed by atoms with E-state index in [0.29, 0.717) is 28.2 Å². The Balaban J connectivity index is 2.34. The van der Waals surface area contributed by atoms with Gasteiger partial charge >= 0.3 is 0 Å². The van der Waals surface area contributed by atoms with Crippen molar-refractivity contribution in [3.8, 4) is 0 Å². The van der Waals surface area contributed by atoms with Crippen LogP contribution >= 0.6 is 15.9 Å². The van der Waals surface area contributed by atoms with E-state index in [4.69, 9.17) is 5.73 Å². The molecule has 0 spiro atoms. The number of nitrogens with two attached hydrogens (primary N) is 1. The van der Waals surface area contributed by atoms with Gasteiger partial charge in [0.15, 0.2) is 0 Å². The maximum absolute atomic E-state index is 13.4. The van der Waals surface area contributed by atoms with Crippen molar-refractivity contribution in [2.75, 3.05) is 11.1 Å². The molecule has 0 aliphatic heterocycles. The van der Waals surface area contributed by atoms with E-state index < -0.39 is 0 Å². The van der Waals surface area contributed by atoms with Gasteiger partial charge in [-0.3, -0.25) is 0 Å². The predicted octanol–water partition coefficient (Wildman–Crippen LogP) is 3.27. The van der Waals surface area contributed by atoms with Gasteiger partial charge in [0.1, 0.15) is 23.8 Å². The van der Waals surface area contributed by atoms with E-state index in [1.54, 1.807) is 12.1 Å². The third kappa shape index (κ3) is 2.59. The molecule has 0 bridgehead atoms. The van der Waals surface area contributed by atoms with Gasteiger partial charge in [-0.1, -0.05) is 6.92 Å². The number of anilines is 3. The summed E-state index contributed by atoms with van der Waals surface area (Å²) >= 11 is 3.11. The molecule has 0 aliphatic rings. The minimum absolute atomic E-state index is 0.333. The molecule has 0 fully saturated rings. The Kier molecular flexibility index (Phi) is 3.76. The van der Waals surface area contributed by atoms with Crippen LogP contribution in [0.1, 0.15) is 12.5 Å². The number of nitrogen functional groups attached to an aromatic ring is 1. The molecular formula is C12H12BrFN4. The zero-order valence-corrected chi connectivity index (χ0v) is 11.3. The largest absolute Gasteiger partial charge is 0.383 e. The van der Waals surface area contributed by atoms with Crippen molar-refractivity contribution in [2.45, 2.75) is 13.3 Å². The quantitative estimate of drug-likeness (QED) is 0.913. The summed E-state index contributed by atoms with van der Waals surface area (Å²) in [6.45, 7) is 1.96. The molecule has 4 nitrogen and oxygen atoms in total. The highest BCUT2D eigenvalue weighted by Gasteiger charge is 2.08. The Bertz CT molecular complexity index is 574. The number of hydrogen-bond donors (Lipinski definition) is 2. The van der Waals surface area contributed by atoms with Gasteiger partial charge in [0.05, 0.1) is 4.47 Å². The highest BCUT2D eigenvalue weighted by atomic mass is 79.9. The van der Waals surface area contributed by atoms with E-state index in [2.05, 4.69) is 31.2 Å². The minimum Gasteiger partial charge on any atom is -0.383 e. The molecule has 0 radical (unpaired) electrons. The van der Waals surface area contributed by atoms with Crippen LogP contribution in [-0.4, -0.2) is 9.97 Å². The Morgan fingerprint density at radius 2 is 2.17 bits per heavy atom. The predicted molar refractivity (Wildman–Crippen MR) is 73.2 cm³/mol. The van der Waals surface area contributed by atoms with E-state index in [1.165, 1.54) is 12.4 Å². The number of halogens is 2. The average molecular weight is 311 g/mol. The van der Waals surface area contributed by atoms with E-state index in [9.17, 15) is 4.39 Å². The highest BCUT2D eigenvalue weighted by Crippen LogP contribution is 2.25. The van der Waals surface area contributed by atoms with Crippen LogP contribution in [0.2, 0.25) is 0 Å². The van der Waals surface area contributed by atoms with Gasteiger partial charge in [-0.15, -0.1) is 0 Å². The van der Waals surface area contributed by atoms with E-state index in [0.717, 1.165) is 5.56 Å². The third-order valence-corrected chi connectivity index (χ3v) is 3.16. The minimum atomic E-state index is -0.333. The molecule has 0 saturated heterocycles. The number of hydrogen-bond acceptors (Lipinski definition) is 4. The van der Waals surface area contributed by atoms with Gasteiger partial charge < -0.3 is 11.1 Å². The van der Waals surface area contributed by atoms with Crippen molar-refractivity contribution >= 4 is 33.3 Å². The van der Waals surface area contributed by atoms with E-state index in [1.807, 2.05) is 6.92 Å². The van der Waals surface area contributed by atoms with Gasteiger partial charge in [0, 0.05) is 11.3 Å². The Morgan fingerprint density at radius 3 is 2.83 bits per heavy atom. The fourth-order valence-corrected chi connectivity index (χ4v) is 1.84. The molecule has 0 unspecified atom stereocenters. The van der Waals surface area contributed by atoms with Crippen LogP contribution in [0.4, 0.5) is 21.7 Å². The van der Waals surface area contributed by atoms with Gasteiger partial charge in [0.2, 0.25) is 0 Å². The standard InChI is InChI=1S/C12H12BrFN4/c1-2-8-11(15)16-6-17-12(8)18-7-3-4-9(13)10(14)5-7/h3-6H,2H2,1H3,(H3,15,16,17,18). The summed E-state index contributed by atoms with van der Waals surface area (Å²) in [5.41, 5.74) is 7.20. The fraction of sp³-hybridized carbons (Fsp3) is 0.167. The van der Waals surface area contributed by atoms with Crippen molar-refractivity contribution in [1.82, 2.24) is 9.97 Å². The summed E-state index contributed by atoms with van der Waals surface area (Å²) in [5.74, 6) is 0.708. The lowest BCUT2D eigenvalue weighted by molar-refractivity contribution is 0.622. The summed E-state index contributed by atoms with van der Waals surface area (Å²) < 4.78 is 13.8. The van der Waals surface area contributed by atoms with E-state index in [-0.39, 0.29) is 5.82 Å². The molecule has 18 heavy (non-hydrogen) atoms. The second kappa shape index (κ2) is 5.30. The zero-order valence-electron chi connectivity index (χ0n) is 9.74. The van der Waals surface area contributed by atoms with Crippen molar-refractivity contribution in [3.63, 3.8) is 0 Å². The number of rotatable bonds is 3. The molecule has 0 atom stereocenters. The Labute approximate surface area is 113 Å². The first-order valence-corrected chi connectivity index (χ1v) is 6.22. The van der Waals surface area contributed by atoms with Gasteiger partial charge in [-0.25, -0.2) is 14.4 Å². The Hall–Kier alpha value is -1.69. The van der Waals surface area contributed by atoms with E-state index >= 15 is 0 Å². The molecule has 1 heterocycles. The maximum Gasteiger partial charge on any atom is 0.139 e. The van der Waals surface area contributed by atoms with Crippen LogP contribution < -0.4 is 11.1 Å². The highest BCUT2D eigenvalue weighted by molar-refractivity contribution is 9.10. The Morgan fingerprint density at radius 1 is 1.39 bits per heavy atom. The molecule has 6 heteroatoms. The SMILES string of the molecule is CCc1c(N)ncnc1Nc1ccc(Br)c(F)c1. The molecule has 2 aromatic rings. The van der Waals surface area contributed by atoms with Crippen molar-refractivity contribution in [1.29, 1.82) is 0 Å².